The van der Waals surface area contributed by atoms with Crippen molar-refractivity contribution in [2.45, 2.75) is 20.3 Å². The molecule has 0 aliphatic carbocycles. The second-order valence-electron chi connectivity index (χ2n) is 3.55. The van der Waals surface area contributed by atoms with E-state index in [1.165, 1.54) is 0 Å². The molecule has 0 heterocycles. The molecule has 1 rings (SSSR count). The number of halogens is 2. The molecule has 13 heavy (non-hydrogen) atoms. The molecular formula is C11H14BrF. The van der Waals surface area contributed by atoms with Crippen molar-refractivity contribution in [1.82, 2.24) is 0 Å². The van der Waals surface area contributed by atoms with Gasteiger partial charge in [-0.2, -0.15) is 0 Å². The fraction of sp³-hybridized carbons (Fsp3) is 0.455. The Morgan fingerprint density at radius 1 is 1.46 bits per heavy atom. The Hall–Kier alpha value is -0.370. The van der Waals surface area contributed by atoms with Crippen LogP contribution in [0.2, 0.25) is 0 Å². The number of hydrogen-bond donors (Lipinski definition) is 0. The van der Waals surface area contributed by atoms with Crippen LogP contribution in [0.15, 0.2) is 18.2 Å². The summed E-state index contributed by atoms with van der Waals surface area (Å²) in [5, 5.41) is 0.961. The van der Waals surface area contributed by atoms with Gasteiger partial charge in [0, 0.05) is 5.33 Å². The molecule has 0 nitrogen and oxygen atoms in total. The highest BCUT2D eigenvalue weighted by molar-refractivity contribution is 9.09. The molecule has 0 aliphatic heterocycles. The molecule has 1 aromatic rings. The van der Waals surface area contributed by atoms with Crippen LogP contribution in [0.3, 0.4) is 0 Å². The Morgan fingerprint density at radius 2 is 2.15 bits per heavy atom. The van der Waals surface area contributed by atoms with Crippen molar-refractivity contribution >= 4 is 15.9 Å². The minimum Gasteiger partial charge on any atom is -0.207 e. The number of benzene rings is 1. The lowest BCUT2D eigenvalue weighted by atomic mass is 10.0. The van der Waals surface area contributed by atoms with Gasteiger partial charge in [-0.05, 0) is 36.5 Å². The van der Waals surface area contributed by atoms with Crippen molar-refractivity contribution in [3.8, 4) is 0 Å². The molecule has 1 unspecified atom stereocenters. The molecule has 1 atom stereocenters. The lowest BCUT2D eigenvalue weighted by Crippen LogP contribution is -2.01. The van der Waals surface area contributed by atoms with Crippen molar-refractivity contribution in [1.29, 1.82) is 0 Å². The zero-order valence-electron chi connectivity index (χ0n) is 7.98. The van der Waals surface area contributed by atoms with Crippen LogP contribution >= 0.6 is 15.9 Å². The fourth-order valence-corrected chi connectivity index (χ4v) is 1.45. The van der Waals surface area contributed by atoms with Gasteiger partial charge in [0.25, 0.3) is 0 Å². The second-order valence-corrected chi connectivity index (χ2v) is 4.19. The first-order valence-corrected chi connectivity index (χ1v) is 5.56. The molecule has 0 amide bonds. The van der Waals surface area contributed by atoms with Crippen LogP contribution < -0.4 is 0 Å². The summed E-state index contributed by atoms with van der Waals surface area (Å²) in [5.41, 5.74) is 1.80. The summed E-state index contributed by atoms with van der Waals surface area (Å²) >= 11 is 3.41. The van der Waals surface area contributed by atoms with E-state index in [-0.39, 0.29) is 5.82 Å². The third kappa shape index (κ3) is 3.11. The molecule has 0 saturated carbocycles. The summed E-state index contributed by atoms with van der Waals surface area (Å²) in [4.78, 5) is 0. The predicted molar refractivity (Wildman–Crippen MR) is 57.8 cm³/mol. The maximum atomic E-state index is 13.1. The Bertz CT molecular complexity index is 283. The molecule has 0 fully saturated rings. The van der Waals surface area contributed by atoms with Gasteiger partial charge in [0.15, 0.2) is 0 Å². The lowest BCUT2D eigenvalue weighted by Gasteiger charge is -2.07. The van der Waals surface area contributed by atoms with Gasteiger partial charge in [0.05, 0.1) is 0 Å². The predicted octanol–water partition coefficient (Wildman–Crippen LogP) is 3.71. The molecule has 2 heteroatoms. The van der Waals surface area contributed by atoms with Gasteiger partial charge in [0.1, 0.15) is 5.82 Å². The van der Waals surface area contributed by atoms with E-state index in [2.05, 4.69) is 22.9 Å². The first-order chi connectivity index (χ1) is 6.13. The molecule has 0 N–H and O–H groups in total. The topological polar surface area (TPSA) is 0 Å². The van der Waals surface area contributed by atoms with Crippen LogP contribution in [0, 0.1) is 18.7 Å². The number of aryl methyl sites for hydroxylation is 1. The highest BCUT2D eigenvalue weighted by atomic mass is 79.9. The first kappa shape index (κ1) is 10.7. The van der Waals surface area contributed by atoms with E-state index in [9.17, 15) is 4.39 Å². The molecule has 72 valence electrons. The van der Waals surface area contributed by atoms with Crippen LogP contribution in [-0.4, -0.2) is 5.33 Å². The summed E-state index contributed by atoms with van der Waals surface area (Å²) < 4.78 is 13.1. The summed E-state index contributed by atoms with van der Waals surface area (Å²) in [6.07, 6.45) is 0.933. The van der Waals surface area contributed by atoms with Crippen LogP contribution in [-0.2, 0) is 6.42 Å². The van der Waals surface area contributed by atoms with Crippen molar-refractivity contribution in [2.24, 2.45) is 5.92 Å². The number of rotatable bonds is 3. The lowest BCUT2D eigenvalue weighted by molar-refractivity contribution is 0.608. The molecule has 0 bridgehead atoms. The van der Waals surface area contributed by atoms with E-state index in [0.29, 0.717) is 5.92 Å². The average molecular weight is 245 g/mol. The van der Waals surface area contributed by atoms with Gasteiger partial charge < -0.3 is 0 Å². The van der Waals surface area contributed by atoms with Crippen molar-refractivity contribution in [2.75, 3.05) is 5.33 Å². The van der Waals surface area contributed by atoms with E-state index in [1.54, 1.807) is 13.0 Å². The normalized spacial score (nSPS) is 12.9. The largest absolute Gasteiger partial charge is 0.207 e. The van der Waals surface area contributed by atoms with E-state index in [4.69, 9.17) is 0 Å². The maximum absolute atomic E-state index is 13.1. The number of alkyl halides is 1. The molecule has 1 aromatic carbocycles. The minimum absolute atomic E-state index is 0.0979. The molecule has 0 spiro atoms. The number of hydrogen-bond acceptors (Lipinski definition) is 0. The maximum Gasteiger partial charge on any atom is 0.126 e. The van der Waals surface area contributed by atoms with Crippen LogP contribution in [0.4, 0.5) is 4.39 Å². The molecular weight excluding hydrogens is 231 g/mol. The average Bonchev–Trinajstić information content (AvgIpc) is 2.11. The van der Waals surface area contributed by atoms with Crippen molar-refractivity contribution < 1.29 is 4.39 Å². The third-order valence-corrected chi connectivity index (χ3v) is 3.19. The molecule has 0 saturated heterocycles. The highest BCUT2D eigenvalue weighted by Crippen LogP contribution is 2.14. The zero-order chi connectivity index (χ0) is 9.84. The smallest absolute Gasteiger partial charge is 0.126 e. The quantitative estimate of drug-likeness (QED) is 0.712. The fourth-order valence-electron chi connectivity index (χ4n) is 1.22. The van der Waals surface area contributed by atoms with Gasteiger partial charge in [-0.3, -0.25) is 0 Å². The Labute approximate surface area is 87.3 Å². The van der Waals surface area contributed by atoms with Crippen LogP contribution in [0.25, 0.3) is 0 Å². The monoisotopic (exact) mass is 244 g/mol. The van der Waals surface area contributed by atoms with Crippen LogP contribution in [0.1, 0.15) is 18.1 Å². The van der Waals surface area contributed by atoms with Gasteiger partial charge in [-0.25, -0.2) is 4.39 Å². The van der Waals surface area contributed by atoms with Crippen molar-refractivity contribution in [3.63, 3.8) is 0 Å². The SMILES string of the molecule is Cc1ccc(CC(C)CBr)cc1F. The van der Waals surface area contributed by atoms with Crippen LogP contribution in [0.5, 0.6) is 0 Å². The van der Waals surface area contributed by atoms with Gasteiger partial charge in [-0.15, -0.1) is 0 Å². The Balaban J connectivity index is 2.73. The third-order valence-electron chi connectivity index (χ3n) is 2.08. The second kappa shape index (κ2) is 4.75. The molecule has 0 aromatic heterocycles. The van der Waals surface area contributed by atoms with Gasteiger partial charge >= 0.3 is 0 Å². The van der Waals surface area contributed by atoms with Crippen molar-refractivity contribution in [3.05, 3.63) is 35.1 Å². The van der Waals surface area contributed by atoms with E-state index in [0.717, 1.165) is 22.9 Å². The van der Waals surface area contributed by atoms with Gasteiger partial charge in [0.2, 0.25) is 0 Å². The Kier molecular flexibility index (Phi) is 3.91. The van der Waals surface area contributed by atoms with E-state index in [1.807, 2.05) is 12.1 Å². The van der Waals surface area contributed by atoms with E-state index < -0.39 is 0 Å². The highest BCUT2D eigenvalue weighted by Gasteiger charge is 2.03. The van der Waals surface area contributed by atoms with E-state index >= 15 is 0 Å². The first-order valence-electron chi connectivity index (χ1n) is 4.44. The van der Waals surface area contributed by atoms with Gasteiger partial charge in [-0.1, -0.05) is 35.0 Å². The standard InChI is InChI=1S/C11H14BrF/c1-8(7-12)5-10-4-3-9(2)11(13)6-10/h3-4,6,8H,5,7H2,1-2H3. The Morgan fingerprint density at radius 3 is 2.69 bits per heavy atom. The summed E-state index contributed by atoms with van der Waals surface area (Å²) in [5.74, 6) is 0.460. The summed E-state index contributed by atoms with van der Waals surface area (Å²) in [6, 6.07) is 5.47. The summed E-state index contributed by atoms with van der Waals surface area (Å²) in [7, 11) is 0. The minimum atomic E-state index is -0.0979. The molecule has 0 aliphatic rings. The summed E-state index contributed by atoms with van der Waals surface area (Å²) in [6.45, 7) is 3.93. The molecule has 0 radical (unpaired) electrons. The zero-order valence-corrected chi connectivity index (χ0v) is 9.57.